The number of rotatable bonds is 5. The van der Waals surface area contributed by atoms with E-state index in [9.17, 15) is 8.42 Å². The monoisotopic (exact) mass is 300 g/mol. The third-order valence-electron chi connectivity index (χ3n) is 2.56. The zero-order chi connectivity index (χ0) is 13.9. The van der Waals surface area contributed by atoms with E-state index < -0.39 is 10.0 Å². The molecule has 0 unspecified atom stereocenters. The minimum atomic E-state index is -3.61. The number of hydrogen-bond donors (Lipinski definition) is 3. The third-order valence-corrected chi connectivity index (χ3v) is 4.31. The summed E-state index contributed by atoms with van der Waals surface area (Å²) in [4.78, 5) is 6.72. The van der Waals surface area contributed by atoms with Gasteiger partial charge in [-0.15, -0.1) is 0 Å². The minimum absolute atomic E-state index is 0.106. The lowest BCUT2D eigenvalue weighted by molar-refractivity contribution is 0.580. The average Bonchev–Trinajstić information content (AvgIpc) is 2.89. The van der Waals surface area contributed by atoms with Gasteiger partial charge in [0.1, 0.15) is 0 Å². The van der Waals surface area contributed by atoms with Crippen LogP contribution in [0.25, 0.3) is 0 Å². The molecule has 2 rings (SSSR count). The molecule has 6 nitrogen and oxygen atoms in total. The van der Waals surface area contributed by atoms with E-state index in [0.29, 0.717) is 16.3 Å². The highest BCUT2D eigenvalue weighted by molar-refractivity contribution is 7.89. The van der Waals surface area contributed by atoms with E-state index in [-0.39, 0.29) is 18.0 Å². The molecule has 102 valence electrons. The largest absolute Gasteiger partial charge is 0.347 e. The van der Waals surface area contributed by atoms with Crippen LogP contribution in [-0.4, -0.2) is 18.4 Å². The number of aromatic nitrogens is 2. The smallest absolute Gasteiger partial charge is 0.240 e. The summed E-state index contributed by atoms with van der Waals surface area (Å²) in [7, 11) is -3.61. The molecule has 4 N–H and O–H groups in total. The average molecular weight is 301 g/mol. The molecule has 0 aliphatic rings. The first-order valence-corrected chi connectivity index (χ1v) is 7.34. The van der Waals surface area contributed by atoms with Crippen LogP contribution in [0, 0.1) is 0 Å². The summed E-state index contributed by atoms with van der Waals surface area (Å²) in [5.74, 6) is 0. The molecule has 2 aromatic rings. The Morgan fingerprint density at radius 1 is 1.42 bits per heavy atom. The molecule has 0 saturated carbocycles. The van der Waals surface area contributed by atoms with Gasteiger partial charge < -0.3 is 10.7 Å². The summed E-state index contributed by atoms with van der Waals surface area (Å²) in [5.41, 5.74) is 6.85. The Morgan fingerprint density at radius 2 is 2.21 bits per heavy atom. The van der Waals surface area contributed by atoms with Crippen molar-refractivity contribution in [2.45, 2.75) is 18.0 Å². The molecule has 0 saturated heterocycles. The number of aromatic amines is 1. The second-order valence-electron chi connectivity index (χ2n) is 3.86. The van der Waals surface area contributed by atoms with Crippen LogP contribution in [0.2, 0.25) is 5.02 Å². The predicted octanol–water partition coefficient (Wildman–Crippen LogP) is 1.00. The number of nitrogens with two attached hydrogens (primary N) is 1. The molecule has 0 radical (unpaired) electrons. The summed E-state index contributed by atoms with van der Waals surface area (Å²) in [5, 5.41) is 0.340. The maximum Gasteiger partial charge on any atom is 0.240 e. The highest BCUT2D eigenvalue weighted by atomic mass is 35.5. The maximum absolute atomic E-state index is 12.0. The minimum Gasteiger partial charge on any atom is -0.347 e. The van der Waals surface area contributed by atoms with Gasteiger partial charge in [-0.05, 0) is 17.7 Å². The second-order valence-corrected chi connectivity index (χ2v) is 6.03. The van der Waals surface area contributed by atoms with Crippen LogP contribution in [0.4, 0.5) is 0 Å². The van der Waals surface area contributed by atoms with Crippen LogP contribution >= 0.6 is 11.6 Å². The number of sulfonamides is 1. The topological polar surface area (TPSA) is 101 Å². The van der Waals surface area contributed by atoms with Crippen molar-refractivity contribution < 1.29 is 8.42 Å². The summed E-state index contributed by atoms with van der Waals surface area (Å²) in [6.45, 7) is 0.402. The fraction of sp³-hybridized carbons (Fsp3) is 0.182. The quantitative estimate of drug-likeness (QED) is 0.767. The third kappa shape index (κ3) is 3.32. The number of imidazole rings is 1. The van der Waals surface area contributed by atoms with Crippen molar-refractivity contribution in [3.8, 4) is 0 Å². The van der Waals surface area contributed by atoms with Gasteiger partial charge in [-0.25, -0.2) is 18.1 Å². The van der Waals surface area contributed by atoms with Gasteiger partial charge >= 0.3 is 0 Å². The molecule has 0 atom stereocenters. The molecule has 0 spiro atoms. The first-order valence-electron chi connectivity index (χ1n) is 5.48. The molecular formula is C11H13ClN4O2S. The molecule has 8 heteroatoms. The van der Waals surface area contributed by atoms with Crippen molar-refractivity contribution in [3.05, 3.63) is 47.0 Å². The first-order chi connectivity index (χ1) is 9.03. The van der Waals surface area contributed by atoms with E-state index >= 15 is 0 Å². The Labute approximate surface area is 116 Å². The summed E-state index contributed by atoms with van der Waals surface area (Å²) >= 11 is 5.95. The summed E-state index contributed by atoms with van der Waals surface area (Å²) in [6, 6.07) is 4.47. The van der Waals surface area contributed by atoms with Crippen LogP contribution in [0.5, 0.6) is 0 Å². The number of nitrogens with one attached hydrogen (secondary N) is 2. The molecule has 0 aliphatic carbocycles. The molecule has 0 amide bonds. The molecule has 1 aromatic carbocycles. The van der Waals surface area contributed by atoms with Gasteiger partial charge in [-0.1, -0.05) is 17.7 Å². The number of nitrogens with zero attached hydrogens (tertiary/aromatic N) is 1. The van der Waals surface area contributed by atoms with Crippen LogP contribution in [-0.2, 0) is 23.1 Å². The van der Waals surface area contributed by atoms with Gasteiger partial charge in [0.15, 0.2) is 0 Å². The van der Waals surface area contributed by atoms with Crippen LogP contribution < -0.4 is 10.5 Å². The summed E-state index contributed by atoms with van der Waals surface area (Å²) in [6.07, 6.45) is 3.03. The standard InChI is InChI=1S/C11H13ClN4O2S/c12-11-3-10(2-1-8(11)4-13)19(17,18)16-6-9-5-14-7-15-9/h1-3,5,7,16H,4,6,13H2,(H,14,15). The van der Waals surface area contributed by atoms with E-state index in [1.54, 1.807) is 12.3 Å². The number of H-pyrrole nitrogens is 1. The second kappa shape index (κ2) is 5.70. The SMILES string of the molecule is NCc1ccc(S(=O)(=O)NCc2cnc[nH]2)cc1Cl. The van der Waals surface area contributed by atoms with Gasteiger partial charge in [0, 0.05) is 23.5 Å². The fourth-order valence-corrected chi connectivity index (χ4v) is 2.85. The Kier molecular flexibility index (Phi) is 4.20. The molecule has 1 aromatic heterocycles. The molecule has 1 heterocycles. The maximum atomic E-state index is 12.0. The Bertz CT molecular complexity index is 655. The van der Waals surface area contributed by atoms with E-state index in [4.69, 9.17) is 17.3 Å². The van der Waals surface area contributed by atoms with Gasteiger partial charge in [-0.2, -0.15) is 0 Å². The van der Waals surface area contributed by atoms with Crippen molar-refractivity contribution in [1.29, 1.82) is 0 Å². The lowest BCUT2D eigenvalue weighted by Crippen LogP contribution is -2.23. The number of hydrogen-bond acceptors (Lipinski definition) is 4. The van der Waals surface area contributed by atoms with Crippen molar-refractivity contribution in [2.75, 3.05) is 0 Å². The van der Waals surface area contributed by atoms with Gasteiger partial charge in [0.05, 0.1) is 17.8 Å². The van der Waals surface area contributed by atoms with Crippen molar-refractivity contribution in [3.63, 3.8) is 0 Å². The van der Waals surface area contributed by atoms with Crippen LogP contribution in [0.3, 0.4) is 0 Å². The van der Waals surface area contributed by atoms with Crippen molar-refractivity contribution in [1.82, 2.24) is 14.7 Å². The lowest BCUT2D eigenvalue weighted by atomic mass is 10.2. The molecule has 0 aliphatic heterocycles. The fourth-order valence-electron chi connectivity index (χ4n) is 1.50. The highest BCUT2D eigenvalue weighted by Gasteiger charge is 2.15. The van der Waals surface area contributed by atoms with E-state index in [1.807, 2.05) is 0 Å². The Balaban J connectivity index is 2.17. The van der Waals surface area contributed by atoms with Crippen LogP contribution in [0.1, 0.15) is 11.3 Å². The van der Waals surface area contributed by atoms with E-state index in [1.165, 1.54) is 18.5 Å². The molecule has 0 fully saturated rings. The van der Waals surface area contributed by atoms with Gasteiger partial charge in [-0.3, -0.25) is 0 Å². The van der Waals surface area contributed by atoms with E-state index in [2.05, 4.69) is 14.7 Å². The zero-order valence-corrected chi connectivity index (χ0v) is 11.5. The molecular weight excluding hydrogens is 288 g/mol. The van der Waals surface area contributed by atoms with E-state index in [0.717, 1.165) is 0 Å². The van der Waals surface area contributed by atoms with Crippen molar-refractivity contribution in [2.24, 2.45) is 5.73 Å². The number of benzene rings is 1. The predicted molar refractivity (Wildman–Crippen MR) is 72.0 cm³/mol. The lowest BCUT2D eigenvalue weighted by Gasteiger charge is -2.08. The Morgan fingerprint density at radius 3 is 2.79 bits per heavy atom. The summed E-state index contributed by atoms with van der Waals surface area (Å²) < 4.78 is 26.5. The highest BCUT2D eigenvalue weighted by Crippen LogP contribution is 2.20. The van der Waals surface area contributed by atoms with Crippen LogP contribution in [0.15, 0.2) is 35.6 Å². The molecule has 19 heavy (non-hydrogen) atoms. The molecule has 0 bridgehead atoms. The van der Waals surface area contributed by atoms with Crippen molar-refractivity contribution >= 4 is 21.6 Å². The normalized spacial score (nSPS) is 11.7. The zero-order valence-electron chi connectivity index (χ0n) is 9.93. The van der Waals surface area contributed by atoms with Gasteiger partial charge in [0.2, 0.25) is 10.0 Å². The Hall–Kier alpha value is -1.41. The first kappa shape index (κ1) is 14.0. The van der Waals surface area contributed by atoms with Gasteiger partial charge in [0.25, 0.3) is 0 Å². The number of halogens is 1.